The Kier molecular flexibility index (Phi) is 6.44. The largest absolute Gasteiger partial charge is 0.472 e. The Morgan fingerprint density at radius 2 is 2.06 bits per heavy atom. The van der Waals surface area contributed by atoms with Crippen LogP contribution in [0.25, 0.3) is 0 Å². The van der Waals surface area contributed by atoms with Gasteiger partial charge in [-0.2, -0.15) is 0 Å². The first-order valence-corrected chi connectivity index (χ1v) is 7.02. The maximum Gasteiger partial charge on any atom is 0.0935 e. The highest BCUT2D eigenvalue weighted by Gasteiger charge is 2.35. The Bertz CT molecular complexity index is 296. The van der Waals surface area contributed by atoms with Crippen molar-refractivity contribution in [3.05, 3.63) is 24.2 Å². The minimum atomic E-state index is -0.0908. The molecule has 1 rings (SSSR count). The number of ether oxygens (including phenoxy) is 1. The van der Waals surface area contributed by atoms with E-state index in [-0.39, 0.29) is 5.60 Å². The van der Waals surface area contributed by atoms with Crippen molar-refractivity contribution in [3.8, 4) is 0 Å². The topological polar surface area (TPSA) is 34.4 Å². The van der Waals surface area contributed by atoms with E-state index in [1.165, 1.54) is 5.56 Å². The Labute approximate surface area is 111 Å². The number of hydrogen-bond acceptors (Lipinski definition) is 3. The van der Waals surface area contributed by atoms with Crippen LogP contribution in [-0.2, 0) is 11.2 Å². The van der Waals surface area contributed by atoms with Crippen molar-refractivity contribution in [2.24, 2.45) is 0 Å². The molecule has 0 aliphatic heterocycles. The second-order valence-corrected chi connectivity index (χ2v) is 4.82. The van der Waals surface area contributed by atoms with E-state index in [0.29, 0.717) is 6.04 Å². The van der Waals surface area contributed by atoms with Gasteiger partial charge >= 0.3 is 0 Å². The summed E-state index contributed by atoms with van der Waals surface area (Å²) in [5.41, 5.74) is 1.14. The van der Waals surface area contributed by atoms with Crippen LogP contribution in [-0.4, -0.2) is 25.3 Å². The summed E-state index contributed by atoms with van der Waals surface area (Å²) in [6.45, 7) is 7.61. The van der Waals surface area contributed by atoms with E-state index < -0.39 is 0 Å². The van der Waals surface area contributed by atoms with Crippen molar-refractivity contribution >= 4 is 0 Å². The summed E-state index contributed by atoms with van der Waals surface area (Å²) >= 11 is 0. The normalized spacial score (nSPS) is 13.8. The molecule has 0 aromatic carbocycles. The molecule has 0 radical (unpaired) electrons. The molecule has 104 valence electrons. The predicted molar refractivity (Wildman–Crippen MR) is 74.8 cm³/mol. The average molecular weight is 253 g/mol. The van der Waals surface area contributed by atoms with Crippen molar-refractivity contribution in [1.82, 2.24) is 5.32 Å². The highest BCUT2D eigenvalue weighted by atomic mass is 16.5. The molecule has 1 N–H and O–H groups in total. The van der Waals surface area contributed by atoms with Crippen LogP contribution < -0.4 is 5.32 Å². The van der Waals surface area contributed by atoms with Gasteiger partial charge in [-0.25, -0.2) is 0 Å². The summed E-state index contributed by atoms with van der Waals surface area (Å²) < 4.78 is 11.0. The lowest BCUT2D eigenvalue weighted by atomic mass is 9.84. The number of rotatable bonds is 9. The summed E-state index contributed by atoms with van der Waals surface area (Å²) in [7, 11) is 1.82. The maximum atomic E-state index is 5.85. The van der Waals surface area contributed by atoms with Gasteiger partial charge in [-0.05, 0) is 43.9 Å². The molecule has 0 bridgehead atoms. The maximum absolute atomic E-state index is 5.85. The number of hydrogen-bond donors (Lipinski definition) is 1. The van der Waals surface area contributed by atoms with Gasteiger partial charge in [0, 0.05) is 13.2 Å². The molecule has 1 aromatic heterocycles. The fraction of sp³-hybridized carbons (Fsp3) is 0.733. The number of nitrogens with one attached hydrogen (secondary N) is 1. The molecular weight excluding hydrogens is 226 g/mol. The van der Waals surface area contributed by atoms with Gasteiger partial charge in [-0.15, -0.1) is 0 Å². The summed E-state index contributed by atoms with van der Waals surface area (Å²) in [4.78, 5) is 0. The first-order chi connectivity index (χ1) is 8.72. The molecule has 0 spiro atoms. The second-order valence-electron chi connectivity index (χ2n) is 4.82. The third-order valence-corrected chi connectivity index (χ3v) is 3.90. The van der Waals surface area contributed by atoms with Crippen molar-refractivity contribution in [2.45, 2.75) is 58.1 Å². The quantitative estimate of drug-likeness (QED) is 0.732. The van der Waals surface area contributed by atoms with Crippen molar-refractivity contribution in [1.29, 1.82) is 0 Å². The lowest BCUT2D eigenvalue weighted by Gasteiger charge is -2.39. The number of furan rings is 1. The molecule has 0 saturated carbocycles. The van der Waals surface area contributed by atoms with Gasteiger partial charge in [0.1, 0.15) is 0 Å². The van der Waals surface area contributed by atoms with Crippen molar-refractivity contribution in [3.63, 3.8) is 0 Å². The van der Waals surface area contributed by atoms with Crippen molar-refractivity contribution < 1.29 is 9.15 Å². The van der Waals surface area contributed by atoms with Crippen LogP contribution >= 0.6 is 0 Å². The monoisotopic (exact) mass is 253 g/mol. The Morgan fingerprint density at radius 1 is 1.33 bits per heavy atom. The molecular formula is C15H27NO2. The Hall–Kier alpha value is -0.800. The van der Waals surface area contributed by atoms with E-state index in [0.717, 1.165) is 32.2 Å². The summed E-state index contributed by atoms with van der Waals surface area (Å²) in [6.07, 6.45) is 7.67. The third-order valence-electron chi connectivity index (χ3n) is 3.90. The predicted octanol–water partition coefficient (Wildman–Crippen LogP) is 3.40. The first kappa shape index (κ1) is 15.3. The zero-order valence-corrected chi connectivity index (χ0v) is 12.2. The van der Waals surface area contributed by atoms with Gasteiger partial charge in [0.05, 0.1) is 18.1 Å². The summed E-state index contributed by atoms with van der Waals surface area (Å²) in [5, 5.41) is 3.63. The molecule has 1 heterocycles. The Morgan fingerprint density at radius 3 is 2.50 bits per heavy atom. The number of methoxy groups -OCH3 is 1. The fourth-order valence-electron chi connectivity index (χ4n) is 2.58. The van der Waals surface area contributed by atoms with E-state index in [9.17, 15) is 0 Å². The highest BCUT2D eigenvalue weighted by molar-refractivity contribution is 5.10. The SMILES string of the molecule is CCCNC(Cc1ccoc1)C(CC)(CC)OC. The zero-order valence-electron chi connectivity index (χ0n) is 12.2. The van der Waals surface area contributed by atoms with Crippen LogP contribution in [0.3, 0.4) is 0 Å². The molecule has 3 heteroatoms. The molecule has 1 atom stereocenters. The van der Waals surface area contributed by atoms with Crippen molar-refractivity contribution in [2.75, 3.05) is 13.7 Å². The Balaban J connectivity index is 2.81. The van der Waals surface area contributed by atoms with Crippen LogP contribution in [0.1, 0.15) is 45.6 Å². The van der Waals surface area contributed by atoms with E-state index in [2.05, 4.69) is 26.1 Å². The van der Waals surface area contributed by atoms with Gasteiger partial charge in [-0.3, -0.25) is 0 Å². The zero-order chi connectivity index (χ0) is 13.4. The molecule has 0 fully saturated rings. The average Bonchev–Trinajstić information content (AvgIpc) is 2.91. The molecule has 3 nitrogen and oxygen atoms in total. The third kappa shape index (κ3) is 3.59. The van der Waals surface area contributed by atoms with Gasteiger partial charge in [0.15, 0.2) is 0 Å². The summed E-state index contributed by atoms with van der Waals surface area (Å²) in [5.74, 6) is 0. The lowest BCUT2D eigenvalue weighted by molar-refractivity contribution is -0.0472. The van der Waals surface area contributed by atoms with E-state index >= 15 is 0 Å². The van der Waals surface area contributed by atoms with E-state index in [4.69, 9.17) is 9.15 Å². The minimum Gasteiger partial charge on any atom is -0.472 e. The second kappa shape index (κ2) is 7.59. The molecule has 1 unspecified atom stereocenters. The molecule has 0 aliphatic carbocycles. The van der Waals surface area contributed by atoms with Crippen LogP contribution in [0.5, 0.6) is 0 Å². The fourth-order valence-corrected chi connectivity index (χ4v) is 2.58. The van der Waals surface area contributed by atoms with E-state index in [1.807, 2.05) is 19.4 Å². The molecule has 0 saturated heterocycles. The smallest absolute Gasteiger partial charge is 0.0935 e. The van der Waals surface area contributed by atoms with Gasteiger partial charge in [0.2, 0.25) is 0 Å². The molecule has 18 heavy (non-hydrogen) atoms. The standard InChI is InChI=1S/C15H27NO2/c1-5-9-16-14(11-13-8-10-18-12-13)15(6-2,7-3)17-4/h8,10,12,14,16H,5-7,9,11H2,1-4H3. The molecule has 0 aliphatic rings. The summed E-state index contributed by atoms with van der Waals surface area (Å²) in [6, 6.07) is 2.36. The van der Waals surface area contributed by atoms with Gasteiger partial charge < -0.3 is 14.5 Å². The van der Waals surface area contributed by atoms with Crippen LogP contribution in [0.2, 0.25) is 0 Å². The first-order valence-electron chi connectivity index (χ1n) is 7.02. The van der Waals surface area contributed by atoms with E-state index in [1.54, 1.807) is 6.26 Å². The van der Waals surface area contributed by atoms with Gasteiger partial charge in [0.25, 0.3) is 0 Å². The molecule has 1 aromatic rings. The van der Waals surface area contributed by atoms with Crippen LogP contribution in [0, 0.1) is 0 Å². The lowest BCUT2D eigenvalue weighted by Crippen LogP contribution is -2.52. The highest BCUT2D eigenvalue weighted by Crippen LogP contribution is 2.26. The van der Waals surface area contributed by atoms with Gasteiger partial charge in [-0.1, -0.05) is 20.8 Å². The minimum absolute atomic E-state index is 0.0908. The van der Waals surface area contributed by atoms with Crippen LogP contribution in [0.4, 0.5) is 0 Å². The molecule has 0 amide bonds. The van der Waals surface area contributed by atoms with Crippen LogP contribution in [0.15, 0.2) is 23.0 Å².